The summed E-state index contributed by atoms with van der Waals surface area (Å²) in [4.78, 5) is 22.2. The maximum absolute atomic E-state index is 15.0. The lowest BCUT2D eigenvalue weighted by molar-refractivity contribution is 0.148. The van der Waals surface area contributed by atoms with Crippen molar-refractivity contribution in [2.75, 3.05) is 38.5 Å². The molecule has 8 nitrogen and oxygen atoms in total. The Morgan fingerprint density at radius 1 is 1.00 bits per heavy atom. The summed E-state index contributed by atoms with van der Waals surface area (Å²) in [6, 6.07) is 7.23. The molecule has 1 atom stereocenters. The molecule has 4 aromatic rings. The van der Waals surface area contributed by atoms with Crippen LogP contribution in [0.2, 0.25) is 0 Å². The van der Waals surface area contributed by atoms with Crippen molar-refractivity contribution in [3.63, 3.8) is 0 Å². The molecule has 0 bridgehead atoms. The van der Waals surface area contributed by atoms with Crippen LogP contribution >= 0.6 is 0 Å². The van der Waals surface area contributed by atoms with Gasteiger partial charge in [0, 0.05) is 56.9 Å². The van der Waals surface area contributed by atoms with Crippen LogP contribution in [0.25, 0.3) is 22.3 Å². The van der Waals surface area contributed by atoms with Crippen LogP contribution in [-0.4, -0.2) is 67.5 Å². The van der Waals surface area contributed by atoms with Crippen LogP contribution in [0.1, 0.15) is 37.2 Å². The monoisotopic (exact) mass is 504 g/mol. The summed E-state index contributed by atoms with van der Waals surface area (Å²) < 4.78 is 32.0. The summed E-state index contributed by atoms with van der Waals surface area (Å²) >= 11 is 0. The standard InChI is InChI=1S/C27H30F2N8/c1-3-19-5-7-24-33-26-20(28)12-18(13-22(26)37(19)24)25-21(29)15-31-27(34-25)32-23-6-4-17(14-30-23)16-36-10-8-35(2)9-11-36/h4,6,12-15,19H,3,5,7-11,16H2,1-2H3,(H,30,31,32,34). The number of pyridine rings is 1. The Kier molecular flexibility index (Phi) is 6.29. The quantitative estimate of drug-likeness (QED) is 0.413. The number of aryl methyl sites for hydroxylation is 1. The van der Waals surface area contributed by atoms with Crippen molar-refractivity contribution >= 4 is 22.8 Å². The Bertz CT molecular complexity index is 1430. The molecule has 0 spiro atoms. The minimum Gasteiger partial charge on any atom is -0.325 e. The van der Waals surface area contributed by atoms with E-state index in [1.165, 1.54) is 6.07 Å². The summed E-state index contributed by atoms with van der Waals surface area (Å²) in [6.45, 7) is 7.17. The lowest BCUT2D eigenvalue weighted by Gasteiger charge is -2.32. The summed E-state index contributed by atoms with van der Waals surface area (Å²) in [7, 11) is 2.14. The predicted octanol–water partition coefficient (Wildman–Crippen LogP) is 4.55. The van der Waals surface area contributed by atoms with E-state index in [2.05, 4.69) is 53.6 Å². The molecule has 10 heteroatoms. The second-order valence-corrected chi connectivity index (χ2v) is 9.97. The van der Waals surface area contributed by atoms with E-state index < -0.39 is 11.6 Å². The molecule has 1 saturated heterocycles. The van der Waals surface area contributed by atoms with E-state index in [4.69, 9.17) is 0 Å². The molecule has 0 saturated carbocycles. The Morgan fingerprint density at radius 3 is 2.59 bits per heavy atom. The average Bonchev–Trinajstić information content (AvgIpc) is 3.48. The number of halogens is 2. The van der Waals surface area contributed by atoms with Gasteiger partial charge in [0.15, 0.2) is 11.6 Å². The molecule has 192 valence electrons. The minimum atomic E-state index is -0.618. The summed E-state index contributed by atoms with van der Waals surface area (Å²) in [5.74, 6) is 0.537. The second kappa shape index (κ2) is 9.75. The number of hydrogen-bond acceptors (Lipinski definition) is 7. The fourth-order valence-corrected chi connectivity index (χ4v) is 5.33. The zero-order valence-electron chi connectivity index (χ0n) is 21.1. The lowest BCUT2D eigenvalue weighted by atomic mass is 10.1. The van der Waals surface area contributed by atoms with Crippen molar-refractivity contribution in [1.82, 2.24) is 34.3 Å². The van der Waals surface area contributed by atoms with Crippen LogP contribution in [0.5, 0.6) is 0 Å². The minimum absolute atomic E-state index is 0.0339. The molecule has 0 amide bonds. The SMILES string of the molecule is CCC1CCc2nc3c(F)cc(-c4nc(Nc5ccc(CN6CCN(C)CC6)cn5)ncc4F)cc3n21. The van der Waals surface area contributed by atoms with Gasteiger partial charge in [0.05, 0.1) is 11.7 Å². The highest BCUT2D eigenvalue weighted by Crippen LogP contribution is 2.36. The number of benzene rings is 1. The van der Waals surface area contributed by atoms with E-state index in [1.807, 2.05) is 18.3 Å². The van der Waals surface area contributed by atoms with Gasteiger partial charge in [-0.2, -0.15) is 0 Å². The fraction of sp³-hybridized carbons (Fsp3) is 0.407. The van der Waals surface area contributed by atoms with E-state index in [0.29, 0.717) is 22.4 Å². The van der Waals surface area contributed by atoms with Crippen molar-refractivity contribution in [3.05, 3.63) is 59.7 Å². The first-order chi connectivity index (χ1) is 18.0. The van der Waals surface area contributed by atoms with Crippen LogP contribution in [0.3, 0.4) is 0 Å². The zero-order valence-corrected chi connectivity index (χ0v) is 21.1. The molecule has 1 aromatic carbocycles. The van der Waals surface area contributed by atoms with E-state index in [9.17, 15) is 4.39 Å². The fourth-order valence-electron chi connectivity index (χ4n) is 5.33. The number of nitrogens with one attached hydrogen (secondary N) is 1. The maximum atomic E-state index is 15.0. The predicted molar refractivity (Wildman–Crippen MR) is 139 cm³/mol. The number of aromatic nitrogens is 5. The number of piperazine rings is 1. The third-order valence-corrected chi connectivity index (χ3v) is 7.44. The molecule has 0 radical (unpaired) electrons. The molecule has 1 unspecified atom stereocenters. The number of nitrogens with zero attached hydrogens (tertiary/aromatic N) is 7. The Balaban J connectivity index is 1.24. The van der Waals surface area contributed by atoms with Crippen molar-refractivity contribution in [1.29, 1.82) is 0 Å². The molecule has 2 aliphatic rings. The largest absolute Gasteiger partial charge is 0.325 e. The second-order valence-electron chi connectivity index (χ2n) is 9.97. The van der Waals surface area contributed by atoms with Crippen LogP contribution in [0.4, 0.5) is 20.5 Å². The maximum Gasteiger partial charge on any atom is 0.229 e. The van der Waals surface area contributed by atoms with Crippen molar-refractivity contribution in [2.24, 2.45) is 0 Å². The Labute approximate surface area is 214 Å². The molecular weight excluding hydrogens is 474 g/mol. The molecule has 1 N–H and O–H groups in total. The number of rotatable bonds is 6. The number of anilines is 2. The molecule has 6 rings (SSSR count). The van der Waals surface area contributed by atoms with Crippen LogP contribution < -0.4 is 5.32 Å². The third-order valence-electron chi connectivity index (χ3n) is 7.44. The molecular formula is C27H30F2N8. The molecule has 5 heterocycles. The number of likely N-dealkylation sites (N-methyl/N-ethyl adjacent to an activating group) is 1. The highest BCUT2D eigenvalue weighted by atomic mass is 19.1. The Hall–Kier alpha value is -3.50. The van der Waals surface area contributed by atoms with Crippen LogP contribution in [-0.2, 0) is 13.0 Å². The number of hydrogen-bond donors (Lipinski definition) is 1. The van der Waals surface area contributed by atoms with Gasteiger partial charge in [-0.3, -0.25) is 4.90 Å². The first-order valence-corrected chi connectivity index (χ1v) is 12.8. The first kappa shape index (κ1) is 23.9. The van der Waals surface area contributed by atoms with Gasteiger partial charge in [0.25, 0.3) is 0 Å². The van der Waals surface area contributed by atoms with E-state index >= 15 is 4.39 Å². The van der Waals surface area contributed by atoms with Crippen molar-refractivity contribution < 1.29 is 8.78 Å². The smallest absolute Gasteiger partial charge is 0.229 e. The van der Waals surface area contributed by atoms with Crippen molar-refractivity contribution in [2.45, 2.75) is 38.8 Å². The van der Waals surface area contributed by atoms with Gasteiger partial charge in [-0.15, -0.1) is 0 Å². The first-order valence-electron chi connectivity index (χ1n) is 12.8. The topological polar surface area (TPSA) is 75.0 Å². The van der Waals surface area contributed by atoms with Crippen molar-refractivity contribution in [3.8, 4) is 11.3 Å². The van der Waals surface area contributed by atoms with Gasteiger partial charge >= 0.3 is 0 Å². The summed E-state index contributed by atoms with van der Waals surface area (Å²) in [6.07, 6.45) is 5.67. The van der Waals surface area contributed by atoms with Gasteiger partial charge in [-0.05, 0) is 43.7 Å². The summed E-state index contributed by atoms with van der Waals surface area (Å²) in [5, 5.41) is 3.05. The Morgan fingerprint density at radius 2 is 1.84 bits per heavy atom. The summed E-state index contributed by atoms with van der Waals surface area (Å²) in [5.41, 5.74) is 2.52. The van der Waals surface area contributed by atoms with Gasteiger partial charge in [0.1, 0.15) is 22.9 Å². The number of imidazole rings is 1. The highest BCUT2D eigenvalue weighted by Gasteiger charge is 2.26. The molecule has 2 aliphatic heterocycles. The van der Waals surface area contributed by atoms with Crippen LogP contribution in [0, 0.1) is 11.6 Å². The van der Waals surface area contributed by atoms with Gasteiger partial charge in [-0.25, -0.2) is 28.7 Å². The van der Waals surface area contributed by atoms with Crippen LogP contribution in [0.15, 0.2) is 36.7 Å². The van der Waals surface area contributed by atoms with Gasteiger partial charge < -0.3 is 14.8 Å². The molecule has 3 aromatic heterocycles. The number of fused-ring (bicyclic) bond motifs is 3. The highest BCUT2D eigenvalue weighted by molar-refractivity contribution is 5.83. The molecule has 37 heavy (non-hydrogen) atoms. The van der Waals surface area contributed by atoms with E-state index in [-0.39, 0.29) is 17.7 Å². The normalized spacial score (nSPS) is 18.4. The average molecular weight is 505 g/mol. The molecule has 0 aliphatic carbocycles. The zero-order chi connectivity index (χ0) is 25.5. The van der Waals surface area contributed by atoms with Gasteiger partial charge in [-0.1, -0.05) is 13.0 Å². The van der Waals surface area contributed by atoms with E-state index in [0.717, 1.165) is 69.6 Å². The van der Waals surface area contributed by atoms with E-state index in [1.54, 1.807) is 6.07 Å². The lowest BCUT2D eigenvalue weighted by Crippen LogP contribution is -2.43. The third kappa shape index (κ3) is 4.67. The molecule has 1 fully saturated rings. The van der Waals surface area contributed by atoms with Gasteiger partial charge in [0.2, 0.25) is 5.95 Å².